The number of hydrogen-bond acceptors (Lipinski definition) is 4. The number of aldehydes is 1. The zero-order valence-corrected chi connectivity index (χ0v) is 12.7. The molecule has 1 aliphatic heterocycles. The summed E-state index contributed by atoms with van der Waals surface area (Å²) in [5.74, 6) is 0.680. The van der Waals surface area contributed by atoms with E-state index in [1.54, 1.807) is 0 Å². The molecule has 0 aromatic carbocycles. The number of aliphatic hydroxyl groups is 1. The van der Waals surface area contributed by atoms with Gasteiger partial charge in [-0.3, -0.25) is 0 Å². The number of carbonyl (C=O) groups is 1. The van der Waals surface area contributed by atoms with E-state index in [9.17, 15) is 4.79 Å². The van der Waals surface area contributed by atoms with Crippen molar-refractivity contribution in [3.63, 3.8) is 0 Å². The first-order chi connectivity index (χ1) is 9.67. The van der Waals surface area contributed by atoms with Gasteiger partial charge in [0, 0.05) is 25.0 Å². The molecule has 0 aromatic rings. The van der Waals surface area contributed by atoms with Gasteiger partial charge in [-0.1, -0.05) is 19.8 Å². The molecule has 4 nitrogen and oxygen atoms in total. The van der Waals surface area contributed by atoms with Gasteiger partial charge >= 0.3 is 0 Å². The summed E-state index contributed by atoms with van der Waals surface area (Å²) in [6, 6.07) is 0. The molecule has 0 aromatic heterocycles. The molecule has 1 saturated heterocycles. The van der Waals surface area contributed by atoms with E-state index < -0.39 is 0 Å². The number of rotatable bonds is 6. The highest BCUT2D eigenvalue weighted by Crippen LogP contribution is 2.38. The molecule has 1 aliphatic carbocycles. The summed E-state index contributed by atoms with van der Waals surface area (Å²) in [6.45, 7) is 5.77. The van der Waals surface area contributed by atoms with Gasteiger partial charge in [0.2, 0.25) is 0 Å². The second kappa shape index (κ2) is 7.53. The number of hydrogen-bond donors (Lipinski definition) is 1. The van der Waals surface area contributed by atoms with E-state index in [4.69, 9.17) is 9.84 Å². The fourth-order valence-electron chi connectivity index (χ4n) is 3.89. The lowest BCUT2D eigenvalue weighted by molar-refractivity contribution is -0.120. The molecule has 20 heavy (non-hydrogen) atoms. The van der Waals surface area contributed by atoms with Crippen molar-refractivity contribution in [3.05, 3.63) is 0 Å². The van der Waals surface area contributed by atoms with E-state index in [1.807, 2.05) is 0 Å². The van der Waals surface area contributed by atoms with E-state index in [-0.39, 0.29) is 18.1 Å². The molecule has 2 aliphatic rings. The lowest BCUT2D eigenvalue weighted by Gasteiger charge is -2.41. The monoisotopic (exact) mass is 283 g/mol. The minimum Gasteiger partial charge on any atom is -0.394 e. The van der Waals surface area contributed by atoms with E-state index in [0.717, 1.165) is 45.3 Å². The summed E-state index contributed by atoms with van der Waals surface area (Å²) in [5, 5.41) is 8.78. The highest BCUT2D eigenvalue weighted by atomic mass is 16.5. The quantitative estimate of drug-likeness (QED) is 0.756. The average Bonchev–Trinajstić information content (AvgIpc) is 2.46. The molecule has 0 spiro atoms. The largest absolute Gasteiger partial charge is 0.394 e. The Morgan fingerprint density at radius 3 is 2.70 bits per heavy atom. The number of likely N-dealkylation sites (tertiary alicyclic amines) is 1. The third-order valence-corrected chi connectivity index (χ3v) is 4.89. The first kappa shape index (κ1) is 15.9. The predicted molar refractivity (Wildman–Crippen MR) is 78.6 cm³/mol. The highest BCUT2D eigenvalue weighted by Gasteiger charge is 2.37. The zero-order chi connectivity index (χ0) is 14.4. The van der Waals surface area contributed by atoms with Crippen LogP contribution in [0, 0.1) is 11.3 Å². The van der Waals surface area contributed by atoms with Crippen molar-refractivity contribution in [2.75, 3.05) is 32.8 Å². The maximum absolute atomic E-state index is 11.6. The molecule has 1 N–H and O–H groups in total. The van der Waals surface area contributed by atoms with Crippen LogP contribution in [-0.4, -0.2) is 55.2 Å². The van der Waals surface area contributed by atoms with Gasteiger partial charge in [-0.25, -0.2) is 0 Å². The van der Waals surface area contributed by atoms with Gasteiger partial charge in [-0.05, 0) is 31.6 Å². The Hall–Kier alpha value is -0.450. The lowest BCUT2D eigenvalue weighted by atomic mass is 9.70. The van der Waals surface area contributed by atoms with Crippen LogP contribution in [0.5, 0.6) is 0 Å². The molecule has 1 saturated carbocycles. The number of carbonyl (C=O) groups excluding carboxylic acids is 1. The first-order valence-corrected chi connectivity index (χ1v) is 8.08. The molecule has 2 atom stereocenters. The standard InChI is InChI=1S/C16H29NO3/c1-14-3-2-6-16(11-14,13-19)12-17-7-4-15(5-8-17)20-10-9-18/h13-15,18H,2-12H2,1H3. The summed E-state index contributed by atoms with van der Waals surface area (Å²) >= 11 is 0. The maximum atomic E-state index is 11.6. The zero-order valence-electron chi connectivity index (χ0n) is 12.7. The molecule has 0 amide bonds. The van der Waals surface area contributed by atoms with Gasteiger partial charge in [-0.15, -0.1) is 0 Å². The first-order valence-electron chi connectivity index (χ1n) is 8.08. The fourth-order valence-corrected chi connectivity index (χ4v) is 3.89. The third kappa shape index (κ3) is 4.27. The van der Waals surface area contributed by atoms with Crippen LogP contribution in [0.3, 0.4) is 0 Å². The predicted octanol–water partition coefficient (Wildman–Crippen LogP) is 1.86. The Balaban J connectivity index is 1.80. The smallest absolute Gasteiger partial charge is 0.127 e. The Bertz CT molecular complexity index is 302. The van der Waals surface area contributed by atoms with Crippen LogP contribution in [0.1, 0.15) is 45.4 Å². The van der Waals surface area contributed by atoms with Crippen molar-refractivity contribution in [1.82, 2.24) is 4.90 Å². The van der Waals surface area contributed by atoms with E-state index in [1.165, 1.54) is 19.1 Å². The van der Waals surface area contributed by atoms with E-state index >= 15 is 0 Å². The normalized spacial score (nSPS) is 33.2. The molecule has 0 bridgehead atoms. The summed E-state index contributed by atoms with van der Waals surface area (Å²) in [7, 11) is 0. The van der Waals surface area contributed by atoms with Crippen LogP contribution in [-0.2, 0) is 9.53 Å². The number of nitrogens with zero attached hydrogens (tertiary/aromatic N) is 1. The number of piperidine rings is 1. The molecule has 2 fully saturated rings. The second-order valence-electron chi connectivity index (χ2n) is 6.75. The Morgan fingerprint density at radius 1 is 1.35 bits per heavy atom. The SMILES string of the molecule is CC1CCCC(C=O)(CN2CCC(OCCO)CC2)C1. The third-order valence-electron chi connectivity index (χ3n) is 4.89. The summed E-state index contributed by atoms with van der Waals surface area (Å²) < 4.78 is 5.59. The molecule has 1 heterocycles. The van der Waals surface area contributed by atoms with Crippen LogP contribution < -0.4 is 0 Å². The van der Waals surface area contributed by atoms with Gasteiger partial charge in [0.15, 0.2) is 0 Å². The fraction of sp³-hybridized carbons (Fsp3) is 0.938. The van der Waals surface area contributed by atoms with Crippen molar-refractivity contribution >= 4 is 6.29 Å². The molecular formula is C16H29NO3. The summed E-state index contributed by atoms with van der Waals surface area (Å²) in [6.07, 6.45) is 8.13. The number of ether oxygens (including phenoxy) is 1. The second-order valence-corrected chi connectivity index (χ2v) is 6.75. The minimum absolute atomic E-state index is 0.101. The molecule has 0 radical (unpaired) electrons. The van der Waals surface area contributed by atoms with Gasteiger partial charge in [0.1, 0.15) is 6.29 Å². The Labute approximate surface area is 122 Å². The topological polar surface area (TPSA) is 49.8 Å². The highest BCUT2D eigenvalue weighted by molar-refractivity contribution is 5.60. The van der Waals surface area contributed by atoms with Crippen LogP contribution in [0.15, 0.2) is 0 Å². The van der Waals surface area contributed by atoms with Gasteiger partial charge < -0.3 is 19.5 Å². The summed E-state index contributed by atoms with van der Waals surface area (Å²) in [5.41, 5.74) is -0.101. The van der Waals surface area contributed by atoms with Crippen LogP contribution in [0.25, 0.3) is 0 Å². The van der Waals surface area contributed by atoms with Crippen molar-refractivity contribution < 1.29 is 14.6 Å². The van der Waals surface area contributed by atoms with Gasteiger partial charge in [-0.2, -0.15) is 0 Å². The maximum Gasteiger partial charge on any atom is 0.127 e. The Kier molecular flexibility index (Phi) is 6.00. The van der Waals surface area contributed by atoms with Gasteiger partial charge in [0.05, 0.1) is 19.3 Å². The lowest BCUT2D eigenvalue weighted by Crippen LogP contribution is -2.46. The molecule has 2 unspecified atom stereocenters. The van der Waals surface area contributed by atoms with Crippen LogP contribution >= 0.6 is 0 Å². The van der Waals surface area contributed by atoms with Crippen molar-refractivity contribution in [2.45, 2.75) is 51.6 Å². The molecule has 116 valence electrons. The van der Waals surface area contributed by atoms with Crippen molar-refractivity contribution in [2.24, 2.45) is 11.3 Å². The molecular weight excluding hydrogens is 254 g/mol. The number of aliphatic hydroxyl groups excluding tert-OH is 1. The van der Waals surface area contributed by atoms with Crippen LogP contribution in [0.4, 0.5) is 0 Å². The van der Waals surface area contributed by atoms with E-state index in [2.05, 4.69) is 11.8 Å². The van der Waals surface area contributed by atoms with E-state index in [0.29, 0.717) is 12.5 Å². The average molecular weight is 283 g/mol. The van der Waals surface area contributed by atoms with Crippen LogP contribution in [0.2, 0.25) is 0 Å². The Morgan fingerprint density at radius 2 is 2.10 bits per heavy atom. The summed E-state index contributed by atoms with van der Waals surface area (Å²) in [4.78, 5) is 14.1. The van der Waals surface area contributed by atoms with Crippen molar-refractivity contribution in [1.29, 1.82) is 0 Å². The minimum atomic E-state index is -0.101. The van der Waals surface area contributed by atoms with Gasteiger partial charge in [0.25, 0.3) is 0 Å². The van der Waals surface area contributed by atoms with Crippen molar-refractivity contribution in [3.8, 4) is 0 Å². The molecule has 4 heteroatoms. The molecule has 2 rings (SSSR count).